The molecule has 4 aliphatic rings. The summed E-state index contributed by atoms with van der Waals surface area (Å²) < 4.78 is 10.6. The Balaban J connectivity index is 1.56. The summed E-state index contributed by atoms with van der Waals surface area (Å²) >= 11 is 0. The van der Waals surface area contributed by atoms with Gasteiger partial charge in [0.25, 0.3) is 0 Å². The highest BCUT2D eigenvalue weighted by molar-refractivity contribution is 5.88. The fourth-order valence-electron chi connectivity index (χ4n) is 5.61. The van der Waals surface area contributed by atoms with Gasteiger partial charge < -0.3 is 9.15 Å². The highest BCUT2D eigenvalue weighted by atomic mass is 16.5. The van der Waals surface area contributed by atoms with E-state index in [-0.39, 0.29) is 5.97 Å². The third kappa shape index (κ3) is 2.29. The largest absolute Gasteiger partial charge is 0.461 e. The molecule has 1 aromatic heterocycles. The third-order valence-corrected chi connectivity index (χ3v) is 5.81. The molecule has 0 unspecified atom stereocenters. The molecule has 5 rings (SSSR count). The standard InChI is InChI=1S/C17H23NO3/c1-2-20-16(19)15-14(21-10-18-15)9-17-6-11-3-12(7-17)5-13(4-11)8-17/h10-13H,2-9H2,1H3. The zero-order valence-corrected chi connectivity index (χ0v) is 12.6. The molecule has 4 aliphatic carbocycles. The van der Waals surface area contributed by atoms with E-state index in [0.717, 1.165) is 29.9 Å². The van der Waals surface area contributed by atoms with Gasteiger partial charge in [0.15, 0.2) is 12.1 Å². The van der Waals surface area contributed by atoms with E-state index in [1.165, 1.54) is 44.9 Å². The van der Waals surface area contributed by atoms with Gasteiger partial charge in [0.1, 0.15) is 5.76 Å². The predicted molar refractivity (Wildman–Crippen MR) is 76.8 cm³/mol. The van der Waals surface area contributed by atoms with Crippen LogP contribution in [0.4, 0.5) is 0 Å². The average Bonchev–Trinajstić information content (AvgIpc) is 2.84. The van der Waals surface area contributed by atoms with Gasteiger partial charge in [-0.3, -0.25) is 0 Å². The van der Waals surface area contributed by atoms with Gasteiger partial charge in [0, 0.05) is 6.42 Å². The lowest BCUT2D eigenvalue weighted by Crippen LogP contribution is -2.47. The monoisotopic (exact) mass is 289 g/mol. The van der Waals surface area contributed by atoms with Gasteiger partial charge in [-0.2, -0.15) is 0 Å². The number of carbonyl (C=O) groups is 1. The van der Waals surface area contributed by atoms with Crippen molar-refractivity contribution in [2.75, 3.05) is 6.61 Å². The number of ether oxygens (including phenoxy) is 1. The molecule has 0 atom stereocenters. The van der Waals surface area contributed by atoms with Gasteiger partial charge >= 0.3 is 5.97 Å². The molecule has 0 radical (unpaired) electrons. The summed E-state index contributed by atoms with van der Waals surface area (Å²) in [6.45, 7) is 2.19. The van der Waals surface area contributed by atoms with E-state index >= 15 is 0 Å². The van der Waals surface area contributed by atoms with Crippen LogP contribution in [-0.4, -0.2) is 17.6 Å². The van der Waals surface area contributed by atoms with Crippen molar-refractivity contribution >= 4 is 5.97 Å². The molecule has 4 nitrogen and oxygen atoms in total. The molecular formula is C17H23NO3. The zero-order valence-electron chi connectivity index (χ0n) is 12.6. The Morgan fingerprint density at radius 2 is 1.90 bits per heavy atom. The normalized spacial score (nSPS) is 36.9. The first-order valence-corrected chi connectivity index (χ1v) is 8.27. The SMILES string of the molecule is CCOC(=O)c1ncoc1CC12CC3CC(CC(C3)C1)C2. The summed E-state index contributed by atoms with van der Waals surface area (Å²) in [7, 11) is 0. The van der Waals surface area contributed by atoms with Gasteiger partial charge in [-0.25, -0.2) is 9.78 Å². The van der Waals surface area contributed by atoms with Crippen LogP contribution in [0, 0.1) is 23.2 Å². The second-order valence-corrected chi connectivity index (χ2v) is 7.44. The van der Waals surface area contributed by atoms with E-state index in [1.54, 1.807) is 0 Å². The molecule has 0 saturated heterocycles. The molecule has 0 aliphatic heterocycles. The van der Waals surface area contributed by atoms with E-state index in [2.05, 4.69) is 4.98 Å². The van der Waals surface area contributed by atoms with E-state index in [1.807, 2.05) is 6.92 Å². The summed E-state index contributed by atoms with van der Waals surface area (Å²) in [6.07, 6.45) is 10.5. The van der Waals surface area contributed by atoms with Crippen LogP contribution >= 0.6 is 0 Å². The Kier molecular flexibility index (Phi) is 3.09. The highest BCUT2D eigenvalue weighted by Crippen LogP contribution is 2.61. The minimum absolute atomic E-state index is 0.342. The van der Waals surface area contributed by atoms with Crippen LogP contribution in [0.15, 0.2) is 10.8 Å². The molecule has 4 bridgehead atoms. The summed E-state index contributed by atoms with van der Waals surface area (Å²) in [4.78, 5) is 16.1. The predicted octanol–water partition coefficient (Wildman–Crippen LogP) is 3.61. The smallest absolute Gasteiger partial charge is 0.360 e. The number of oxazole rings is 1. The van der Waals surface area contributed by atoms with Gasteiger partial charge in [0.05, 0.1) is 6.61 Å². The Labute approximate surface area is 125 Å². The van der Waals surface area contributed by atoms with Gasteiger partial charge in [0.2, 0.25) is 0 Å². The van der Waals surface area contributed by atoms with E-state index in [0.29, 0.717) is 17.7 Å². The quantitative estimate of drug-likeness (QED) is 0.795. The maximum absolute atomic E-state index is 12.0. The van der Waals surface area contributed by atoms with E-state index < -0.39 is 0 Å². The molecule has 0 amide bonds. The Morgan fingerprint density at radius 3 is 2.48 bits per heavy atom. The molecule has 114 valence electrons. The Hall–Kier alpha value is -1.32. The molecule has 1 aromatic rings. The second-order valence-electron chi connectivity index (χ2n) is 7.44. The van der Waals surface area contributed by atoms with Crippen molar-refractivity contribution in [3.05, 3.63) is 17.8 Å². The second kappa shape index (κ2) is 4.85. The van der Waals surface area contributed by atoms with Gasteiger partial charge in [-0.05, 0) is 68.6 Å². The molecule has 0 N–H and O–H groups in total. The first kappa shape index (κ1) is 13.4. The van der Waals surface area contributed by atoms with Crippen LogP contribution in [0.5, 0.6) is 0 Å². The molecule has 1 heterocycles. The lowest BCUT2D eigenvalue weighted by atomic mass is 9.48. The lowest BCUT2D eigenvalue weighted by molar-refractivity contribution is -0.0545. The van der Waals surface area contributed by atoms with Crippen LogP contribution in [0.3, 0.4) is 0 Å². The number of aromatic nitrogens is 1. The van der Waals surface area contributed by atoms with E-state index in [4.69, 9.17) is 9.15 Å². The Morgan fingerprint density at radius 1 is 1.29 bits per heavy atom. The Bertz CT molecular complexity index is 513. The van der Waals surface area contributed by atoms with Crippen molar-refractivity contribution in [3.63, 3.8) is 0 Å². The van der Waals surface area contributed by atoms with Crippen molar-refractivity contribution < 1.29 is 13.9 Å². The molecule has 0 spiro atoms. The maximum Gasteiger partial charge on any atom is 0.360 e. The number of hydrogen-bond acceptors (Lipinski definition) is 4. The first-order valence-electron chi connectivity index (χ1n) is 8.27. The van der Waals surface area contributed by atoms with Crippen molar-refractivity contribution in [1.29, 1.82) is 0 Å². The lowest BCUT2D eigenvalue weighted by Gasteiger charge is -2.56. The van der Waals surface area contributed by atoms with Crippen LogP contribution in [0.1, 0.15) is 61.7 Å². The summed E-state index contributed by atoms with van der Waals surface area (Å²) in [5.74, 6) is 3.13. The van der Waals surface area contributed by atoms with Crippen molar-refractivity contribution in [1.82, 2.24) is 4.98 Å². The number of rotatable bonds is 4. The first-order chi connectivity index (χ1) is 10.2. The molecule has 4 saturated carbocycles. The number of esters is 1. The van der Waals surface area contributed by atoms with Gasteiger partial charge in [-0.15, -0.1) is 0 Å². The van der Waals surface area contributed by atoms with Crippen LogP contribution in [0.2, 0.25) is 0 Å². The maximum atomic E-state index is 12.0. The van der Waals surface area contributed by atoms with Crippen LogP contribution in [0.25, 0.3) is 0 Å². The minimum Gasteiger partial charge on any atom is -0.461 e. The molecule has 4 fully saturated rings. The van der Waals surface area contributed by atoms with Crippen molar-refractivity contribution in [3.8, 4) is 0 Å². The minimum atomic E-state index is -0.342. The van der Waals surface area contributed by atoms with Crippen LogP contribution in [-0.2, 0) is 11.2 Å². The zero-order chi connectivity index (χ0) is 14.4. The highest BCUT2D eigenvalue weighted by Gasteiger charge is 2.51. The number of carbonyl (C=O) groups excluding carboxylic acids is 1. The number of nitrogens with zero attached hydrogens (tertiary/aromatic N) is 1. The molecule has 21 heavy (non-hydrogen) atoms. The van der Waals surface area contributed by atoms with Crippen molar-refractivity contribution in [2.45, 2.75) is 51.9 Å². The summed E-state index contributed by atoms with van der Waals surface area (Å²) in [5.41, 5.74) is 0.753. The summed E-state index contributed by atoms with van der Waals surface area (Å²) in [5, 5.41) is 0. The fraction of sp³-hybridized carbons (Fsp3) is 0.765. The van der Waals surface area contributed by atoms with E-state index in [9.17, 15) is 4.79 Å². The molecular weight excluding hydrogens is 266 g/mol. The van der Waals surface area contributed by atoms with Crippen LogP contribution < -0.4 is 0 Å². The fourth-order valence-corrected chi connectivity index (χ4v) is 5.61. The van der Waals surface area contributed by atoms with Gasteiger partial charge in [-0.1, -0.05) is 0 Å². The molecule has 0 aromatic carbocycles. The summed E-state index contributed by atoms with van der Waals surface area (Å²) in [6, 6.07) is 0. The average molecular weight is 289 g/mol. The topological polar surface area (TPSA) is 52.3 Å². The number of hydrogen-bond donors (Lipinski definition) is 0. The van der Waals surface area contributed by atoms with Crippen molar-refractivity contribution in [2.24, 2.45) is 23.2 Å². The third-order valence-electron chi connectivity index (χ3n) is 5.81. The molecule has 4 heteroatoms.